The number of aryl methyl sites for hydroxylation is 1. The number of nitrogens with zero attached hydrogens (tertiary/aromatic N) is 2. The second kappa shape index (κ2) is 5.43. The number of benzene rings is 1. The van der Waals surface area contributed by atoms with Crippen LogP contribution < -0.4 is 5.32 Å². The lowest BCUT2D eigenvalue weighted by molar-refractivity contribution is 0.397. The molecular weight excluding hydrogens is 288 g/mol. The van der Waals surface area contributed by atoms with Crippen molar-refractivity contribution in [1.82, 2.24) is 15.2 Å². The molecule has 2 heterocycles. The third kappa shape index (κ3) is 2.65. The maximum atomic E-state index is 9.59. The van der Waals surface area contributed by atoms with Crippen molar-refractivity contribution in [2.45, 2.75) is 25.8 Å². The highest BCUT2D eigenvalue weighted by molar-refractivity contribution is 5.94. The Morgan fingerprint density at radius 2 is 2.17 bits per heavy atom. The van der Waals surface area contributed by atoms with E-state index in [0.29, 0.717) is 5.76 Å². The summed E-state index contributed by atoms with van der Waals surface area (Å²) in [6, 6.07) is 10.4. The number of anilines is 1. The van der Waals surface area contributed by atoms with Crippen molar-refractivity contribution in [2.75, 3.05) is 5.32 Å². The van der Waals surface area contributed by atoms with Crippen molar-refractivity contribution < 1.29 is 5.11 Å². The Kier molecular flexibility index (Phi) is 3.26. The van der Waals surface area contributed by atoms with Crippen molar-refractivity contribution in [1.29, 1.82) is 0 Å². The fourth-order valence-electron chi connectivity index (χ4n) is 3.08. The first-order chi connectivity index (χ1) is 11.2. The molecule has 1 atom stereocenters. The second-order valence-electron chi connectivity index (χ2n) is 5.96. The molecule has 1 aromatic carbocycles. The van der Waals surface area contributed by atoms with Gasteiger partial charge in [-0.15, -0.1) is 0 Å². The summed E-state index contributed by atoms with van der Waals surface area (Å²) in [5.74, 6) is 0.471. The molecule has 1 aliphatic carbocycles. The summed E-state index contributed by atoms with van der Waals surface area (Å²) in [5, 5.41) is 21.2. The van der Waals surface area contributed by atoms with E-state index in [-0.39, 0.29) is 6.04 Å². The first-order valence-corrected chi connectivity index (χ1v) is 7.76. The summed E-state index contributed by atoms with van der Waals surface area (Å²) < 4.78 is 0. The van der Waals surface area contributed by atoms with Gasteiger partial charge >= 0.3 is 0 Å². The highest BCUT2D eigenvalue weighted by atomic mass is 16.3. The number of hydrogen-bond donors (Lipinski definition) is 3. The van der Waals surface area contributed by atoms with Crippen LogP contribution in [0.5, 0.6) is 0 Å². The van der Waals surface area contributed by atoms with E-state index in [1.807, 2.05) is 19.1 Å². The summed E-state index contributed by atoms with van der Waals surface area (Å²) in [5.41, 5.74) is 5.02. The van der Waals surface area contributed by atoms with Crippen LogP contribution in [0.1, 0.15) is 18.5 Å². The number of aliphatic hydroxyl groups is 1. The van der Waals surface area contributed by atoms with Gasteiger partial charge in [0.2, 0.25) is 0 Å². The lowest BCUT2D eigenvalue weighted by Crippen LogP contribution is -2.14. The van der Waals surface area contributed by atoms with Crippen LogP contribution in [-0.2, 0) is 0 Å². The predicted molar refractivity (Wildman–Crippen MR) is 91.4 cm³/mol. The molecule has 5 nitrogen and oxygen atoms in total. The molecule has 0 fully saturated rings. The molecule has 1 aliphatic rings. The SMILES string of the molecule is Cc1cc(N[C@@H]2C=C(O)CC2)c2ccc(-c3ccn[nH]3)cc2n1. The van der Waals surface area contributed by atoms with Crippen LogP contribution in [0, 0.1) is 6.92 Å². The van der Waals surface area contributed by atoms with Crippen molar-refractivity contribution in [3.05, 3.63) is 54.1 Å². The van der Waals surface area contributed by atoms with Crippen LogP contribution in [0.3, 0.4) is 0 Å². The number of fused-ring (bicyclic) bond motifs is 1. The maximum Gasteiger partial charge on any atom is 0.0904 e. The highest BCUT2D eigenvalue weighted by Gasteiger charge is 2.16. The fourth-order valence-corrected chi connectivity index (χ4v) is 3.08. The number of aromatic amines is 1. The molecule has 0 saturated carbocycles. The molecule has 5 heteroatoms. The zero-order valence-electron chi connectivity index (χ0n) is 12.9. The fraction of sp³-hybridized carbons (Fsp3) is 0.222. The normalized spacial score (nSPS) is 17.4. The largest absolute Gasteiger partial charge is 0.513 e. The maximum absolute atomic E-state index is 9.59. The van der Waals surface area contributed by atoms with Crippen molar-refractivity contribution in [3.63, 3.8) is 0 Å². The van der Waals surface area contributed by atoms with Crippen LogP contribution >= 0.6 is 0 Å². The van der Waals surface area contributed by atoms with E-state index < -0.39 is 0 Å². The minimum Gasteiger partial charge on any atom is -0.513 e. The Hall–Kier alpha value is -2.82. The Balaban J connectivity index is 1.76. The molecule has 2 aromatic heterocycles. The predicted octanol–water partition coefficient (Wildman–Crippen LogP) is 3.95. The summed E-state index contributed by atoms with van der Waals surface area (Å²) >= 11 is 0. The van der Waals surface area contributed by atoms with Crippen molar-refractivity contribution in [2.24, 2.45) is 0 Å². The van der Waals surface area contributed by atoms with E-state index in [1.165, 1.54) is 0 Å². The van der Waals surface area contributed by atoms with Gasteiger partial charge in [-0.05, 0) is 37.6 Å². The van der Waals surface area contributed by atoms with Gasteiger partial charge in [-0.1, -0.05) is 12.1 Å². The molecule has 116 valence electrons. The van der Waals surface area contributed by atoms with Gasteiger partial charge in [0.05, 0.1) is 17.0 Å². The minimum absolute atomic E-state index is 0.173. The first-order valence-electron chi connectivity index (χ1n) is 7.76. The van der Waals surface area contributed by atoms with Crippen molar-refractivity contribution in [3.8, 4) is 11.3 Å². The molecular formula is C18H18N4O. The number of hydrogen-bond acceptors (Lipinski definition) is 4. The molecule has 3 N–H and O–H groups in total. The first kappa shape index (κ1) is 13.8. The molecule has 0 saturated heterocycles. The molecule has 0 unspecified atom stereocenters. The smallest absolute Gasteiger partial charge is 0.0904 e. The minimum atomic E-state index is 0.173. The Bertz CT molecular complexity index is 883. The third-order valence-electron chi connectivity index (χ3n) is 4.20. The van der Waals surface area contributed by atoms with Crippen LogP contribution in [-0.4, -0.2) is 26.3 Å². The molecule has 3 aromatic rings. The lowest BCUT2D eigenvalue weighted by Gasteiger charge is -2.15. The Morgan fingerprint density at radius 3 is 2.91 bits per heavy atom. The standard InChI is InChI=1S/C18H18N4O/c1-11-8-17(21-13-3-4-14(23)10-13)15-5-2-12(9-18(15)20-11)16-6-7-19-22-16/h2,5-10,13,23H,3-4H2,1H3,(H,19,22)(H,20,21)/t13-/m0/s1. The summed E-state index contributed by atoms with van der Waals surface area (Å²) in [7, 11) is 0. The number of H-pyrrole nitrogens is 1. The number of rotatable bonds is 3. The van der Waals surface area contributed by atoms with E-state index in [1.54, 1.807) is 6.20 Å². The molecule has 0 bridgehead atoms. The summed E-state index contributed by atoms with van der Waals surface area (Å²) in [4.78, 5) is 4.66. The van der Waals surface area contributed by atoms with Crippen LogP contribution in [0.15, 0.2) is 48.4 Å². The van der Waals surface area contributed by atoms with Crippen LogP contribution in [0.25, 0.3) is 22.2 Å². The number of pyridine rings is 1. The third-order valence-corrected chi connectivity index (χ3v) is 4.20. The molecule has 0 spiro atoms. The van der Waals surface area contributed by atoms with Gasteiger partial charge in [0, 0.05) is 41.0 Å². The molecule has 23 heavy (non-hydrogen) atoms. The second-order valence-corrected chi connectivity index (χ2v) is 5.96. The quantitative estimate of drug-likeness (QED) is 0.685. The zero-order valence-corrected chi connectivity index (χ0v) is 12.9. The molecule has 4 rings (SSSR count). The van der Waals surface area contributed by atoms with Gasteiger partial charge in [0.25, 0.3) is 0 Å². The zero-order chi connectivity index (χ0) is 15.8. The van der Waals surface area contributed by atoms with Gasteiger partial charge in [-0.2, -0.15) is 5.10 Å². The van der Waals surface area contributed by atoms with Crippen molar-refractivity contribution >= 4 is 16.6 Å². The van der Waals surface area contributed by atoms with Gasteiger partial charge in [-0.25, -0.2) is 0 Å². The number of nitrogens with one attached hydrogen (secondary N) is 2. The monoisotopic (exact) mass is 306 g/mol. The molecule has 0 amide bonds. The van der Waals surface area contributed by atoms with Crippen LogP contribution in [0.4, 0.5) is 5.69 Å². The number of allylic oxidation sites excluding steroid dienone is 1. The number of aromatic nitrogens is 3. The van der Waals surface area contributed by atoms with Crippen LogP contribution in [0.2, 0.25) is 0 Å². The average molecular weight is 306 g/mol. The van der Waals surface area contributed by atoms with Gasteiger partial charge in [-0.3, -0.25) is 10.1 Å². The highest BCUT2D eigenvalue weighted by Crippen LogP contribution is 2.29. The van der Waals surface area contributed by atoms with E-state index >= 15 is 0 Å². The van der Waals surface area contributed by atoms with E-state index in [9.17, 15) is 5.11 Å². The Morgan fingerprint density at radius 1 is 1.26 bits per heavy atom. The summed E-state index contributed by atoms with van der Waals surface area (Å²) in [6.45, 7) is 2.00. The van der Waals surface area contributed by atoms with E-state index in [4.69, 9.17) is 0 Å². The summed E-state index contributed by atoms with van der Waals surface area (Å²) in [6.07, 6.45) is 5.29. The van der Waals surface area contributed by atoms with E-state index in [2.05, 4.69) is 44.8 Å². The van der Waals surface area contributed by atoms with Gasteiger partial charge in [0.15, 0.2) is 0 Å². The lowest BCUT2D eigenvalue weighted by atomic mass is 10.1. The number of aliphatic hydroxyl groups excluding tert-OH is 1. The van der Waals surface area contributed by atoms with E-state index in [0.717, 1.165) is 46.4 Å². The van der Waals surface area contributed by atoms with Gasteiger partial charge in [0.1, 0.15) is 0 Å². The van der Waals surface area contributed by atoms with Gasteiger partial charge < -0.3 is 10.4 Å². The molecule has 0 aliphatic heterocycles. The average Bonchev–Trinajstić information content (AvgIpc) is 3.18. The Labute approximate surface area is 134 Å². The molecule has 0 radical (unpaired) electrons. The topological polar surface area (TPSA) is 73.8 Å².